The Morgan fingerprint density at radius 1 is 1.13 bits per heavy atom. The molecule has 2 saturated heterocycles. The van der Waals surface area contributed by atoms with Crippen LogP contribution in [0.3, 0.4) is 0 Å². The van der Waals surface area contributed by atoms with Gasteiger partial charge < -0.3 is 14.4 Å². The number of rotatable bonds is 6. The Bertz CT molecular complexity index is 911. The molecule has 0 aromatic heterocycles. The Morgan fingerprint density at radius 3 is 2.33 bits per heavy atom. The molecule has 2 aliphatic heterocycles. The van der Waals surface area contributed by atoms with Gasteiger partial charge in [-0.25, -0.2) is 13.2 Å². The Hall–Kier alpha value is -2.17. The molecule has 2 aliphatic rings. The molecule has 164 valence electrons. The van der Waals surface area contributed by atoms with Gasteiger partial charge in [0, 0.05) is 44.0 Å². The summed E-state index contributed by atoms with van der Waals surface area (Å²) in [7, 11) is -3.66. The summed E-state index contributed by atoms with van der Waals surface area (Å²) in [5.74, 6) is -1.47. The number of halogens is 1. The highest BCUT2D eigenvalue weighted by Gasteiger charge is 2.35. The first-order chi connectivity index (χ1) is 14.2. The number of esters is 2. The van der Waals surface area contributed by atoms with Crippen LogP contribution in [0, 0.1) is 0 Å². The Labute approximate surface area is 179 Å². The average Bonchev–Trinajstić information content (AvgIpc) is 3.03. The van der Waals surface area contributed by atoms with Crippen LogP contribution in [0.2, 0.25) is 5.02 Å². The summed E-state index contributed by atoms with van der Waals surface area (Å²) in [4.78, 5) is 37.4. The lowest BCUT2D eigenvalue weighted by molar-refractivity contribution is -0.161. The standard InChI is InChI=1S/C19H23ClN2O7S/c1-13-12-16(19(25)28-13)29-18(24)7-6-17(23)21-8-10-22(11-9-21)30(26,27)15-4-2-14(20)3-5-15/h2-5,13,16H,6-12H2,1H3/t13-,16+/m0/s1. The zero-order chi connectivity index (χ0) is 21.9. The third-order valence-corrected chi connectivity index (χ3v) is 7.15. The summed E-state index contributed by atoms with van der Waals surface area (Å²) in [5.41, 5.74) is 0. The van der Waals surface area contributed by atoms with Crippen molar-refractivity contribution in [3.8, 4) is 0 Å². The number of sulfonamides is 1. The number of carbonyl (C=O) groups excluding carboxylic acids is 3. The monoisotopic (exact) mass is 458 g/mol. The fourth-order valence-corrected chi connectivity index (χ4v) is 4.88. The number of benzene rings is 1. The molecule has 0 aliphatic carbocycles. The molecule has 0 radical (unpaired) electrons. The number of ether oxygens (including phenoxy) is 2. The molecule has 1 aromatic carbocycles. The quantitative estimate of drug-likeness (QED) is 0.589. The maximum atomic E-state index is 12.7. The second kappa shape index (κ2) is 9.32. The van der Waals surface area contributed by atoms with E-state index in [-0.39, 0.29) is 55.9 Å². The van der Waals surface area contributed by atoms with Crippen LogP contribution in [-0.4, -0.2) is 73.9 Å². The van der Waals surface area contributed by atoms with Gasteiger partial charge in [-0.15, -0.1) is 0 Å². The van der Waals surface area contributed by atoms with E-state index in [1.807, 2.05) is 0 Å². The van der Waals surface area contributed by atoms with Gasteiger partial charge in [-0.05, 0) is 31.2 Å². The van der Waals surface area contributed by atoms with E-state index in [9.17, 15) is 22.8 Å². The summed E-state index contributed by atoms with van der Waals surface area (Å²) < 4.78 is 36.7. The Morgan fingerprint density at radius 2 is 1.77 bits per heavy atom. The zero-order valence-electron chi connectivity index (χ0n) is 16.5. The molecule has 1 amide bonds. The lowest BCUT2D eigenvalue weighted by atomic mass is 10.2. The smallest absolute Gasteiger partial charge is 0.347 e. The van der Waals surface area contributed by atoms with E-state index in [0.29, 0.717) is 11.4 Å². The minimum Gasteiger partial charge on any atom is -0.460 e. The second-order valence-electron chi connectivity index (χ2n) is 7.20. The summed E-state index contributed by atoms with van der Waals surface area (Å²) in [6, 6.07) is 5.92. The second-order valence-corrected chi connectivity index (χ2v) is 9.57. The van der Waals surface area contributed by atoms with Gasteiger partial charge in [-0.2, -0.15) is 4.31 Å². The summed E-state index contributed by atoms with van der Waals surface area (Å²) in [5, 5.41) is 0.447. The van der Waals surface area contributed by atoms with Crippen molar-refractivity contribution in [3.63, 3.8) is 0 Å². The lowest BCUT2D eigenvalue weighted by Gasteiger charge is -2.34. The van der Waals surface area contributed by atoms with E-state index in [2.05, 4.69) is 0 Å². The van der Waals surface area contributed by atoms with Gasteiger partial charge in [0.05, 0.1) is 11.3 Å². The highest BCUT2D eigenvalue weighted by Crippen LogP contribution is 2.21. The number of piperazine rings is 1. The van der Waals surface area contributed by atoms with E-state index < -0.39 is 28.1 Å². The van der Waals surface area contributed by atoms with Gasteiger partial charge in [-0.3, -0.25) is 9.59 Å². The number of cyclic esters (lactones) is 1. The van der Waals surface area contributed by atoms with Crippen molar-refractivity contribution in [2.45, 2.75) is 43.3 Å². The zero-order valence-corrected chi connectivity index (χ0v) is 18.0. The molecule has 3 rings (SSSR count). The minimum absolute atomic E-state index is 0.0694. The molecule has 1 aromatic rings. The van der Waals surface area contributed by atoms with Gasteiger partial charge in [-0.1, -0.05) is 11.6 Å². The minimum atomic E-state index is -3.66. The first-order valence-electron chi connectivity index (χ1n) is 9.60. The number of carbonyl (C=O) groups is 3. The largest absolute Gasteiger partial charge is 0.460 e. The van der Waals surface area contributed by atoms with Crippen LogP contribution in [0.1, 0.15) is 26.2 Å². The topological polar surface area (TPSA) is 110 Å². The third kappa shape index (κ3) is 5.30. The van der Waals surface area contributed by atoms with Crippen molar-refractivity contribution in [2.75, 3.05) is 26.2 Å². The van der Waals surface area contributed by atoms with Crippen molar-refractivity contribution < 1.29 is 32.3 Å². The van der Waals surface area contributed by atoms with Gasteiger partial charge >= 0.3 is 11.9 Å². The highest BCUT2D eigenvalue weighted by atomic mass is 35.5. The maximum absolute atomic E-state index is 12.7. The SMILES string of the molecule is C[C@H]1C[C@@H](OC(=O)CCC(=O)N2CCN(S(=O)(=O)c3ccc(Cl)cc3)CC2)C(=O)O1. The molecule has 2 heterocycles. The predicted molar refractivity (Wildman–Crippen MR) is 106 cm³/mol. The van der Waals surface area contributed by atoms with Crippen molar-refractivity contribution in [2.24, 2.45) is 0 Å². The van der Waals surface area contributed by atoms with Crippen LogP contribution in [-0.2, 0) is 33.9 Å². The average molecular weight is 459 g/mol. The van der Waals surface area contributed by atoms with Crippen LogP contribution in [0.15, 0.2) is 29.2 Å². The molecular weight excluding hydrogens is 436 g/mol. The molecule has 9 nitrogen and oxygen atoms in total. The lowest BCUT2D eigenvalue weighted by Crippen LogP contribution is -2.50. The molecule has 0 N–H and O–H groups in total. The van der Waals surface area contributed by atoms with Crippen molar-refractivity contribution >= 4 is 39.5 Å². The van der Waals surface area contributed by atoms with E-state index in [4.69, 9.17) is 21.1 Å². The molecule has 0 saturated carbocycles. The summed E-state index contributed by atoms with van der Waals surface area (Å²) in [6.07, 6.45) is -1.12. The summed E-state index contributed by atoms with van der Waals surface area (Å²) in [6.45, 7) is 2.49. The Balaban J connectivity index is 1.45. The van der Waals surface area contributed by atoms with Crippen LogP contribution in [0.25, 0.3) is 0 Å². The molecule has 2 atom stereocenters. The fraction of sp³-hybridized carbons (Fsp3) is 0.526. The highest BCUT2D eigenvalue weighted by molar-refractivity contribution is 7.89. The third-order valence-electron chi connectivity index (χ3n) is 4.99. The normalized spacial score (nSPS) is 22.6. The van der Waals surface area contributed by atoms with Crippen LogP contribution < -0.4 is 0 Å². The van der Waals surface area contributed by atoms with E-state index in [1.165, 1.54) is 33.5 Å². The molecule has 2 fully saturated rings. The first kappa shape index (κ1) is 22.5. The van der Waals surface area contributed by atoms with Gasteiger partial charge in [0.25, 0.3) is 0 Å². The number of hydrogen-bond acceptors (Lipinski definition) is 7. The van der Waals surface area contributed by atoms with Gasteiger partial charge in [0.1, 0.15) is 6.10 Å². The molecule has 0 spiro atoms. The van der Waals surface area contributed by atoms with Crippen LogP contribution >= 0.6 is 11.6 Å². The van der Waals surface area contributed by atoms with E-state index >= 15 is 0 Å². The van der Waals surface area contributed by atoms with Gasteiger partial charge in [0.15, 0.2) is 0 Å². The fourth-order valence-electron chi connectivity index (χ4n) is 3.33. The maximum Gasteiger partial charge on any atom is 0.347 e. The molecule has 30 heavy (non-hydrogen) atoms. The van der Waals surface area contributed by atoms with E-state index in [0.717, 1.165) is 0 Å². The number of nitrogens with zero attached hydrogens (tertiary/aromatic N) is 2. The number of hydrogen-bond donors (Lipinski definition) is 0. The summed E-state index contributed by atoms with van der Waals surface area (Å²) >= 11 is 5.81. The Kier molecular flexibility index (Phi) is 6.99. The van der Waals surface area contributed by atoms with Crippen molar-refractivity contribution in [1.82, 2.24) is 9.21 Å². The van der Waals surface area contributed by atoms with Crippen LogP contribution in [0.5, 0.6) is 0 Å². The molecular formula is C19H23ClN2O7S. The van der Waals surface area contributed by atoms with Gasteiger partial charge in [0.2, 0.25) is 22.0 Å². The van der Waals surface area contributed by atoms with Crippen LogP contribution in [0.4, 0.5) is 0 Å². The first-order valence-corrected chi connectivity index (χ1v) is 11.4. The molecule has 11 heteroatoms. The molecule has 0 unspecified atom stereocenters. The number of amides is 1. The predicted octanol–water partition coefficient (Wildman–Crippen LogP) is 1.20. The van der Waals surface area contributed by atoms with E-state index in [1.54, 1.807) is 6.92 Å². The van der Waals surface area contributed by atoms with Crippen molar-refractivity contribution in [1.29, 1.82) is 0 Å². The molecule has 0 bridgehead atoms. The van der Waals surface area contributed by atoms with Crippen molar-refractivity contribution in [3.05, 3.63) is 29.3 Å².